The van der Waals surface area contributed by atoms with Crippen LogP contribution in [0.5, 0.6) is 0 Å². The molecule has 1 rings (SSSR count). The quantitative estimate of drug-likeness (QED) is 0.488. The van der Waals surface area contributed by atoms with Crippen LogP contribution >= 0.6 is 0 Å². The van der Waals surface area contributed by atoms with Gasteiger partial charge in [-0.25, -0.2) is 0 Å². The molecule has 1 saturated carbocycles. The fraction of sp³-hybridized carbons (Fsp3) is 1.00. The van der Waals surface area contributed by atoms with E-state index in [9.17, 15) is 0 Å². The molecule has 21 heavy (non-hydrogen) atoms. The summed E-state index contributed by atoms with van der Waals surface area (Å²) in [6, 6.07) is 0. The maximum absolute atomic E-state index is 2.34. The zero-order valence-electron chi connectivity index (χ0n) is 17.7. The van der Waals surface area contributed by atoms with Crippen molar-refractivity contribution in [1.82, 2.24) is 0 Å². The highest BCUT2D eigenvalue weighted by Gasteiger charge is 2.19. The Morgan fingerprint density at radius 2 is 1.10 bits per heavy atom. The molecule has 134 valence electrons. The van der Waals surface area contributed by atoms with Crippen molar-refractivity contribution in [3.05, 3.63) is 0 Å². The van der Waals surface area contributed by atoms with E-state index in [1.165, 1.54) is 51.4 Å². The van der Waals surface area contributed by atoms with Gasteiger partial charge in [-0.1, -0.05) is 115 Å². The summed E-state index contributed by atoms with van der Waals surface area (Å²) in [5, 5.41) is 0. The Kier molecular flexibility index (Phi) is 34.6. The lowest BCUT2D eigenvalue weighted by Crippen LogP contribution is -2.14. The van der Waals surface area contributed by atoms with Crippen LogP contribution in [0.25, 0.3) is 0 Å². The standard InChI is InChI=1S/C10H20.C4H10.C3H8.2C2H6/c1-10(2,3)8-7-9-5-4-6-9;1-3-4-2;1-3-2;2*1-2/h9H,4-8H2,1-3H3;3-4H2,1-2H3;3H2,1-2H3;2*1-2H3. The summed E-state index contributed by atoms with van der Waals surface area (Å²) in [7, 11) is 0. The van der Waals surface area contributed by atoms with Crippen LogP contribution in [-0.2, 0) is 0 Å². The predicted molar refractivity (Wildman–Crippen MR) is 105 cm³/mol. The van der Waals surface area contributed by atoms with Crippen molar-refractivity contribution in [1.29, 1.82) is 0 Å². The van der Waals surface area contributed by atoms with Gasteiger partial charge in [-0.15, -0.1) is 0 Å². The molecular weight excluding hydrogens is 252 g/mol. The molecule has 1 fully saturated rings. The third-order valence-electron chi connectivity index (χ3n) is 3.03. The summed E-state index contributed by atoms with van der Waals surface area (Å²) in [5.74, 6) is 1.10. The Morgan fingerprint density at radius 3 is 1.24 bits per heavy atom. The van der Waals surface area contributed by atoms with E-state index in [1.807, 2.05) is 27.7 Å². The van der Waals surface area contributed by atoms with Crippen LogP contribution in [-0.4, -0.2) is 0 Å². The Labute approximate surface area is 139 Å². The first kappa shape index (κ1) is 29.1. The third-order valence-corrected chi connectivity index (χ3v) is 3.03. The molecule has 0 atom stereocenters. The molecule has 0 aromatic rings. The van der Waals surface area contributed by atoms with Crippen LogP contribution < -0.4 is 0 Å². The van der Waals surface area contributed by atoms with E-state index in [-0.39, 0.29) is 0 Å². The van der Waals surface area contributed by atoms with Gasteiger partial charge in [0.15, 0.2) is 0 Å². The van der Waals surface area contributed by atoms with Crippen molar-refractivity contribution >= 4 is 0 Å². The van der Waals surface area contributed by atoms with Gasteiger partial charge in [0.05, 0.1) is 0 Å². The lowest BCUT2D eigenvalue weighted by atomic mass is 9.78. The SMILES string of the molecule is CC.CC.CC(C)(C)CCC1CCC1.CCC.CCCC. The molecule has 0 aromatic carbocycles. The van der Waals surface area contributed by atoms with Crippen LogP contribution in [0.4, 0.5) is 0 Å². The van der Waals surface area contributed by atoms with Gasteiger partial charge >= 0.3 is 0 Å². The average molecular weight is 303 g/mol. The summed E-state index contributed by atoms with van der Waals surface area (Å²) in [5.41, 5.74) is 0.565. The van der Waals surface area contributed by atoms with Crippen molar-refractivity contribution in [3.8, 4) is 0 Å². The van der Waals surface area contributed by atoms with Crippen LogP contribution in [0.1, 0.15) is 128 Å². The topological polar surface area (TPSA) is 0 Å². The van der Waals surface area contributed by atoms with Crippen LogP contribution in [0, 0.1) is 11.3 Å². The van der Waals surface area contributed by atoms with Crippen LogP contribution in [0.15, 0.2) is 0 Å². The highest BCUT2D eigenvalue weighted by Crippen LogP contribution is 2.34. The normalized spacial score (nSPS) is 12.7. The van der Waals surface area contributed by atoms with Crippen LogP contribution in [0.3, 0.4) is 0 Å². The number of hydrogen-bond donors (Lipinski definition) is 0. The van der Waals surface area contributed by atoms with Gasteiger partial charge in [0.1, 0.15) is 0 Å². The lowest BCUT2D eigenvalue weighted by Gasteiger charge is -2.28. The van der Waals surface area contributed by atoms with E-state index in [2.05, 4.69) is 48.5 Å². The van der Waals surface area contributed by atoms with Gasteiger partial charge in [-0.2, -0.15) is 0 Å². The highest BCUT2D eigenvalue weighted by atomic mass is 14.3. The van der Waals surface area contributed by atoms with E-state index in [0.29, 0.717) is 5.41 Å². The molecule has 0 heteroatoms. The average Bonchev–Trinajstić information content (AvgIpc) is 2.41. The molecule has 0 spiro atoms. The second kappa shape index (κ2) is 25.0. The minimum atomic E-state index is 0.565. The molecule has 0 heterocycles. The smallest absolute Gasteiger partial charge is 0.0383 e. The number of unbranched alkanes of at least 4 members (excludes halogenated alkanes) is 1. The first-order valence-electron chi connectivity index (χ1n) is 9.91. The maximum Gasteiger partial charge on any atom is -0.0383 e. The molecule has 0 bridgehead atoms. The zero-order valence-corrected chi connectivity index (χ0v) is 17.7. The number of rotatable bonds is 3. The molecule has 1 aliphatic carbocycles. The van der Waals surface area contributed by atoms with Crippen LogP contribution in [0.2, 0.25) is 0 Å². The maximum atomic E-state index is 2.34. The first-order chi connectivity index (χ1) is 9.91. The van der Waals surface area contributed by atoms with Gasteiger partial charge in [-0.05, 0) is 24.2 Å². The van der Waals surface area contributed by atoms with E-state index < -0.39 is 0 Å². The fourth-order valence-electron chi connectivity index (χ4n) is 1.42. The van der Waals surface area contributed by atoms with Gasteiger partial charge in [0.25, 0.3) is 0 Å². The lowest BCUT2D eigenvalue weighted by molar-refractivity contribution is 0.243. The second-order valence-corrected chi connectivity index (χ2v) is 6.60. The Balaban J connectivity index is -0.000000111. The van der Waals surface area contributed by atoms with E-state index in [4.69, 9.17) is 0 Å². The largest absolute Gasteiger partial charge is 0.0683 e. The van der Waals surface area contributed by atoms with Gasteiger partial charge < -0.3 is 0 Å². The molecule has 0 aromatic heterocycles. The van der Waals surface area contributed by atoms with Crippen molar-refractivity contribution < 1.29 is 0 Å². The number of hydrogen-bond acceptors (Lipinski definition) is 0. The van der Waals surface area contributed by atoms with E-state index in [0.717, 1.165) is 5.92 Å². The molecule has 0 amide bonds. The molecular formula is C21H50. The Hall–Kier alpha value is 0. The first-order valence-corrected chi connectivity index (χ1v) is 9.91. The molecule has 0 aliphatic heterocycles. The Morgan fingerprint density at radius 1 is 0.762 bits per heavy atom. The van der Waals surface area contributed by atoms with Crippen molar-refractivity contribution in [2.75, 3.05) is 0 Å². The summed E-state index contributed by atoms with van der Waals surface area (Å²) in [4.78, 5) is 0. The summed E-state index contributed by atoms with van der Waals surface area (Å²) < 4.78 is 0. The van der Waals surface area contributed by atoms with Gasteiger partial charge in [0, 0.05) is 0 Å². The monoisotopic (exact) mass is 302 g/mol. The van der Waals surface area contributed by atoms with Crippen molar-refractivity contribution in [2.24, 2.45) is 11.3 Å². The summed E-state index contributed by atoms with van der Waals surface area (Å²) in [6.07, 6.45) is 11.3. The van der Waals surface area contributed by atoms with Gasteiger partial charge in [-0.3, -0.25) is 0 Å². The molecule has 0 nitrogen and oxygen atoms in total. The second-order valence-electron chi connectivity index (χ2n) is 6.60. The molecule has 0 unspecified atom stereocenters. The molecule has 0 N–H and O–H groups in total. The molecule has 0 radical (unpaired) electrons. The van der Waals surface area contributed by atoms with E-state index >= 15 is 0 Å². The molecule has 0 saturated heterocycles. The molecule has 1 aliphatic rings. The van der Waals surface area contributed by atoms with Crippen molar-refractivity contribution in [2.45, 2.75) is 128 Å². The van der Waals surface area contributed by atoms with E-state index in [1.54, 1.807) is 0 Å². The third kappa shape index (κ3) is 38.3. The summed E-state index contributed by atoms with van der Waals surface area (Å²) in [6.45, 7) is 23.6. The zero-order chi connectivity index (χ0) is 17.7. The van der Waals surface area contributed by atoms with Gasteiger partial charge in [0.2, 0.25) is 0 Å². The predicted octanol–water partition coefficient (Wildman–Crippen LogP) is 8.89. The summed E-state index contributed by atoms with van der Waals surface area (Å²) >= 11 is 0. The Bertz CT molecular complexity index is 123. The minimum Gasteiger partial charge on any atom is -0.0683 e. The van der Waals surface area contributed by atoms with Crippen molar-refractivity contribution in [3.63, 3.8) is 0 Å². The minimum absolute atomic E-state index is 0.565. The highest BCUT2D eigenvalue weighted by molar-refractivity contribution is 4.72. The fourth-order valence-corrected chi connectivity index (χ4v) is 1.42.